The highest BCUT2D eigenvalue weighted by Crippen LogP contribution is 2.21. The van der Waals surface area contributed by atoms with Crippen LogP contribution in [-0.4, -0.2) is 42.1 Å². The van der Waals surface area contributed by atoms with E-state index in [9.17, 15) is 0 Å². The molecule has 0 saturated carbocycles. The zero-order valence-electron chi connectivity index (χ0n) is 12.9. The maximum atomic E-state index is 5.84. The number of anilines is 1. The molecule has 3 rings (SSSR count). The lowest BCUT2D eigenvalue weighted by molar-refractivity contribution is 0.176. The smallest absolute Gasteiger partial charge is 0.235 e. The highest BCUT2D eigenvalue weighted by molar-refractivity contribution is 6.25. The van der Waals surface area contributed by atoms with Crippen LogP contribution in [0, 0.1) is 0 Å². The van der Waals surface area contributed by atoms with Crippen LogP contribution in [0.15, 0.2) is 35.5 Å². The molecular weight excluding hydrogens is 332 g/mol. The SMILES string of the molecule is CCn1c(-n2ncnc2N)nc2cncc(/C=N/OC/C=C\Cl)c21. The predicted molar refractivity (Wildman–Crippen MR) is 91.1 cm³/mol. The van der Waals surface area contributed by atoms with E-state index in [0.717, 1.165) is 11.1 Å². The molecule has 3 heterocycles. The monoisotopic (exact) mass is 346 g/mol. The highest BCUT2D eigenvalue weighted by Gasteiger charge is 2.16. The molecule has 0 aliphatic carbocycles. The molecule has 0 amide bonds. The lowest BCUT2D eigenvalue weighted by Crippen LogP contribution is -2.10. The number of nitrogens with zero attached hydrogens (tertiary/aromatic N) is 7. The van der Waals surface area contributed by atoms with Gasteiger partial charge in [-0.3, -0.25) is 4.98 Å². The maximum Gasteiger partial charge on any atom is 0.235 e. The van der Waals surface area contributed by atoms with Crippen molar-refractivity contribution in [3.63, 3.8) is 0 Å². The first-order chi connectivity index (χ1) is 11.8. The summed E-state index contributed by atoms with van der Waals surface area (Å²) in [7, 11) is 0. The van der Waals surface area contributed by atoms with Gasteiger partial charge in [0, 0.05) is 23.8 Å². The van der Waals surface area contributed by atoms with E-state index < -0.39 is 0 Å². The van der Waals surface area contributed by atoms with Gasteiger partial charge >= 0.3 is 0 Å². The standard InChI is InChI=1S/C14H15ClN8O/c1-2-22-12-10(7-20-24-5-3-4-15)6-17-8-11(12)21-14(22)23-13(16)18-9-19-23/h3-4,6-9H,2,5H2,1H3,(H2,16,18,19)/b4-3-,20-7+. The second kappa shape index (κ2) is 7.09. The summed E-state index contributed by atoms with van der Waals surface area (Å²) in [5.41, 5.74) is 9.54. The van der Waals surface area contributed by atoms with Crippen molar-refractivity contribution in [3.8, 4) is 5.95 Å². The molecule has 9 nitrogen and oxygen atoms in total. The number of hydrogen-bond donors (Lipinski definition) is 1. The second-order valence-corrected chi connectivity index (χ2v) is 4.93. The Morgan fingerprint density at radius 2 is 2.29 bits per heavy atom. The molecule has 0 unspecified atom stereocenters. The third-order valence-electron chi connectivity index (χ3n) is 3.26. The van der Waals surface area contributed by atoms with Crippen molar-refractivity contribution >= 4 is 34.8 Å². The number of rotatable bonds is 6. The summed E-state index contributed by atoms with van der Waals surface area (Å²) in [6, 6.07) is 0. The Hall–Kier alpha value is -2.94. The molecule has 0 fully saturated rings. The first-order valence-corrected chi connectivity index (χ1v) is 7.60. The molecule has 0 atom stereocenters. The first kappa shape index (κ1) is 15.9. The fourth-order valence-corrected chi connectivity index (χ4v) is 2.35. The number of fused-ring (bicyclic) bond motifs is 1. The van der Waals surface area contributed by atoms with Crippen LogP contribution >= 0.6 is 11.6 Å². The van der Waals surface area contributed by atoms with Crippen LogP contribution in [0.3, 0.4) is 0 Å². The van der Waals surface area contributed by atoms with Gasteiger partial charge in [-0.25, -0.2) is 4.98 Å². The van der Waals surface area contributed by atoms with Gasteiger partial charge in [0.25, 0.3) is 0 Å². The molecule has 0 saturated heterocycles. The molecule has 0 aliphatic rings. The summed E-state index contributed by atoms with van der Waals surface area (Å²) >= 11 is 5.42. The van der Waals surface area contributed by atoms with E-state index in [1.54, 1.807) is 24.7 Å². The van der Waals surface area contributed by atoms with Crippen molar-refractivity contribution in [1.82, 2.24) is 29.3 Å². The second-order valence-electron chi connectivity index (χ2n) is 4.67. The van der Waals surface area contributed by atoms with Crippen LogP contribution in [0.25, 0.3) is 17.0 Å². The zero-order valence-corrected chi connectivity index (χ0v) is 13.6. The van der Waals surface area contributed by atoms with Crippen LogP contribution in [-0.2, 0) is 11.4 Å². The Labute approximate surface area is 142 Å². The van der Waals surface area contributed by atoms with E-state index in [4.69, 9.17) is 22.2 Å². The molecule has 2 N–H and O–H groups in total. The molecule has 3 aromatic rings. The normalized spacial score (nSPS) is 11.9. The average Bonchev–Trinajstić information content (AvgIpc) is 3.17. The van der Waals surface area contributed by atoms with Crippen molar-refractivity contribution in [2.75, 3.05) is 12.3 Å². The number of aromatic nitrogens is 6. The summed E-state index contributed by atoms with van der Waals surface area (Å²) in [6.45, 7) is 2.95. The lowest BCUT2D eigenvalue weighted by Gasteiger charge is -2.07. The molecule has 0 aliphatic heterocycles. The number of pyridine rings is 1. The molecule has 0 bridgehead atoms. The van der Waals surface area contributed by atoms with E-state index in [-0.39, 0.29) is 12.6 Å². The van der Waals surface area contributed by atoms with Crippen LogP contribution in [0.1, 0.15) is 12.5 Å². The van der Waals surface area contributed by atoms with Crippen LogP contribution in [0.4, 0.5) is 5.95 Å². The molecule has 0 aromatic carbocycles. The average molecular weight is 347 g/mol. The molecule has 10 heteroatoms. The van der Waals surface area contributed by atoms with Gasteiger partial charge in [-0.05, 0) is 13.0 Å². The predicted octanol–water partition coefficient (Wildman–Crippen LogP) is 1.72. The Bertz CT molecular complexity index is 897. The van der Waals surface area contributed by atoms with Crippen LogP contribution < -0.4 is 5.73 Å². The van der Waals surface area contributed by atoms with Gasteiger partial charge in [0.1, 0.15) is 18.5 Å². The Balaban J connectivity index is 2.06. The fourth-order valence-electron chi connectivity index (χ4n) is 2.28. The summed E-state index contributed by atoms with van der Waals surface area (Å²) in [4.78, 5) is 17.8. The van der Waals surface area contributed by atoms with Gasteiger partial charge in [0.15, 0.2) is 0 Å². The van der Waals surface area contributed by atoms with E-state index in [0.29, 0.717) is 18.0 Å². The van der Waals surface area contributed by atoms with E-state index in [2.05, 4.69) is 25.2 Å². The third-order valence-corrected chi connectivity index (χ3v) is 3.44. The summed E-state index contributed by atoms with van der Waals surface area (Å²) < 4.78 is 3.44. The summed E-state index contributed by atoms with van der Waals surface area (Å²) in [5.74, 6) is 0.829. The van der Waals surface area contributed by atoms with Crippen molar-refractivity contribution in [2.45, 2.75) is 13.5 Å². The van der Waals surface area contributed by atoms with E-state index in [1.807, 2.05) is 11.5 Å². The molecule has 0 spiro atoms. The molecular formula is C14H15ClN8O. The zero-order chi connectivity index (χ0) is 16.9. The van der Waals surface area contributed by atoms with E-state index >= 15 is 0 Å². The summed E-state index contributed by atoms with van der Waals surface area (Å²) in [6.07, 6.45) is 7.97. The van der Waals surface area contributed by atoms with Gasteiger partial charge in [0.2, 0.25) is 11.9 Å². The highest BCUT2D eigenvalue weighted by atomic mass is 35.5. The molecule has 0 radical (unpaired) electrons. The third kappa shape index (κ3) is 2.93. The topological polar surface area (TPSA) is 109 Å². The minimum atomic E-state index is 0.263. The molecule has 24 heavy (non-hydrogen) atoms. The molecule has 124 valence electrons. The Morgan fingerprint density at radius 3 is 3.00 bits per heavy atom. The Morgan fingerprint density at radius 1 is 1.42 bits per heavy atom. The van der Waals surface area contributed by atoms with Crippen molar-refractivity contribution in [1.29, 1.82) is 0 Å². The number of nitrogen functional groups attached to an aromatic ring is 1. The number of halogens is 1. The van der Waals surface area contributed by atoms with E-state index in [1.165, 1.54) is 16.5 Å². The van der Waals surface area contributed by atoms with Crippen LogP contribution in [0.2, 0.25) is 0 Å². The van der Waals surface area contributed by atoms with Crippen LogP contribution in [0.5, 0.6) is 0 Å². The minimum Gasteiger partial charge on any atom is -0.392 e. The number of aryl methyl sites for hydroxylation is 1. The van der Waals surface area contributed by atoms with Gasteiger partial charge < -0.3 is 15.1 Å². The largest absolute Gasteiger partial charge is 0.392 e. The quantitative estimate of drug-likeness (QED) is 0.413. The first-order valence-electron chi connectivity index (χ1n) is 7.17. The van der Waals surface area contributed by atoms with Crippen molar-refractivity contribution in [3.05, 3.63) is 35.9 Å². The molecule has 3 aromatic heterocycles. The van der Waals surface area contributed by atoms with Gasteiger partial charge in [-0.2, -0.15) is 14.8 Å². The number of imidazole rings is 1. The van der Waals surface area contributed by atoms with Gasteiger partial charge in [-0.1, -0.05) is 16.8 Å². The Kier molecular flexibility index (Phi) is 4.71. The fraction of sp³-hybridized carbons (Fsp3) is 0.214. The number of oxime groups is 1. The number of hydrogen-bond acceptors (Lipinski definition) is 7. The minimum absolute atomic E-state index is 0.263. The number of nitrogens with two attached hydrogens (primary N) is 1. The lowest BCUT2D eigenvalue weighted by atomic mass is 10.2. The van der Waals surface area contributed by atoms with Gasteiger partial charge in [-0.15, -0.1) is 0 Å². The van der Waals surface area contributed by atoms with Crippen molar-refractivity contribution < 1.29 is 4.84 Å². The maximum absolute atomic E-state index is 5.84. The van der Waals surface area contributed by atoms with Gasteiger partial charge in [0.05, 0.1) is 17.9 Å². The van der Waals surface area contributed by atoms with Crippen molar-refractivity contribution in [2.24, 2.45) is 5.16 Å². The summed E-state index contributed by atoms with van der Waals surface area (Å²) in [5, 5.41) is 8.03.